The second kappa shape index (κ2) is 9.47. The highest BCUT2D eigenvalue weighted by Gasteiger charge is 2.37. The van der Waals surface area contributed by atoms with E-state index in [9.17, 15) is 14.7 Å². The Kier molecular flexibility index (Phi) is 6.77. The van der Waals surface area contributed by atoms with E-state index in [1.165, 1.54) is 19.3 Å². The molecule has 0 fully saturated rings. The molecule has 2 aromatic carbocycles. The number of carbonyl (C=O) groups is 2. The van der Waals surface area contributed by atoms with E-state index < -0.39 is 17.6 Å². The van der Waals surface area contributed by atoms with Gasteiger partial charge in [0, 0.05) is 11.1 Å². The molecular weight excluding hydrogens is 350 g/mol. The molecule has 0 aliphatic heterocycles. The van der Waals surface area contributed by atoms with Crippen LogP contribution in [0.3, 0.4) is 0 Å². The van der Waals surface area contributed by atoms with E-state index in [1.807, 2.05) is 30.3 Å². The van der Waals surface area contributed by atoms with Crippen molar-refractivity contribution in [1.82, 2.24) is 5.32 Å². The smallest absolute Gasteiger partial charge is 0.235 e. The molecule has 0 aromatic heterocycles. The molecule has 3 rings (SSSR count). The Hall–Kier alpha value is -2.72. The number of unbranched alkanes of at least 4 members (excludes halogenated alkanes) is 4. The number of hydrogen-bond acceptors (Lipinski definition) is 4. The molecule has 0 heterocycles. The average molecular weight is 377 g/mol. The van der Waals surface area contributed by atoms with Gasteiger partial charge in [-0.15, -0.1) is 0 Å². The Bertz CT molecular complexity index is 870. The zero-order valence-electron chi connectivity index (χ0n) is 16.3. The van der Waals surface area contributed by atoms with Gasteiger partial charge in [0.2, 0.25) is 11.6 Å². The van der Waals surface area contributed by atoms with E-state index in [0.29, 0.717) is 12.1 Å². The minimum atomic E-state index is -0.636. The fourth-order valence-corrected chi connectivity index (χ4v) is 3.66. The van der Waals surface area contributed by atoms with Gasteiger partial charge in [0.05, 0.1) is 11.6 Å². The highest BCUT2D eigenvalue weighted by Crippen LogP contribution is 2.34. The molecule has 2 N–H and O–H groups in total. The summed E-state index contributed by atoms with van der Waals surface area (Å²) in [6.45, 7) is 2.89. The van der Waals surface area contributed by atoms with Crippen molar-refractivity contribution in [2.24, 2.45) is 0 Å². The number of ketones is 2. The third-order valence-electron chi connectivity index (χ3n) is 5.18. The van der Waals surface area contributed by atoms with Crippen molar-refractivity contribution in [2.75, 3.05) is 6.54 Å². The Morgan fingerprint density at radius 2 is 1.46 bits per heavy atom. The second-order valence-corrected chi connectivity index (χ2v) is 7.18. The van der Waals surface area contributed by atoms with E-state index in [1.54, 1.807) is 24.3 Å². The number of Topliss-reactive ketones (excluding diaryl/α,β-unsaturated/α-hetero) is 2. The van der Waals surface area contributed by atoms with Gasteiger partial charge in [-0.2, -0.15) is 0 Å². The molecule has 2 aromatic rings. The van der Waals surface area contributed by atoms with Gasteiger partial charge in [-0.25, -0.2) is 0 Å². The Balaban J connectivity index is 1.91. The third kappa shape index (κ3) is 4.23. The largest absolute Gasteiger partial charge is 0.507 e. The highest BCUT2D eigenvalue weighted by atomic mass is 16.3. The van der Waals surface area contributed by atoms with E-state index in [0.717, 1.165) is 18.4 Å². The van der Waals surface area contributed by atoms with Crippen LogP contribution < -0.4 is 5.32 Å². The van der Waals surface area contributed by atoms with Crippen LogP contribution in [0.4, 0.5) is 0 Å². The average Bonchev–Trinajstić information content (AvgIpc) is 2.74. The standard InChI is InChI=1S/C24H27NO3/c1-2-3-4-5-11-16-25-21(17-12-7-6-8-13-17)20-22(26)18-14-9-10-15-19(18)23(27)24(20)28/h6-10,12-15,21,25-26H,2-5,11,16H2,1H3. The number of hydrogen-bond donors (Lipinski definition) is 2. The van der Waals surface area contributed by atoms with E-state index in [4.69, 9.17) is 0 Å². The summed E-state index contributed by atoms with van der Waals surface area (Å²) in [5, 5.41) is 14.3. The summed E-state index contributed by atoms with van der Waals surface area (Å²) < 4.78 is 0. The molecular formula is C24H27NO3. The lowest BCUT2D eigenvalue weighted by Gasteiger charge is -2.26. The fourth-order valence-electron chi connectivity index (χ4n) is 3.66. The van der Waals surface area contributed by atoms with Crippen LogP contribution in [0.15, 0.2) is 60.2 Å². The first-order chi connectivity index (χ1) is 13.6. The molecule has 0 saturated carbocycles. The SMILES string of the molecule is CCCCCCCNC(C1=C(O)c2ccccc2C(=O)C1=O)c1ccccc1. The molecule has 28 heavy (non-hydrogen) atoms. The number of aliphatic hydroxyl groups excluding tert-OH is 1. The fraction of sp³-hybridized carbons (Fsp3) is 0.333. The van der Waals surface area contributed by atoms with Crippen LogP contribution in [0.25, 0.3) is 5.76 Å². The molecule has 1 aliphatic carbocycles. The van der Waals surface area contributed by atoms with Gasteiger partial charge >= 0.3 is 0 Å². The summed E-state index contributed by atoms with van der Waals surface area (Å²) in [7, 11) is 0. The van der Waals surface area contributed by atoms with Crippen LogP contribution in [0, 0.1) is 0 Å². The van der Waals surface area contributed by atoms with Crippen molar-refractivity contribution in [2.45, 2.75) is 45.1 Å². The summed E-state index contributed by atoms with van der Waals surface area (Å²) in [5.41, 5.74) is 1.69. The molecule has 4 heteroatoms. The number of rotatable bonds is 9. The predicted molar refractivity (Wildman–Crippen MR) is 111 cm³/mol. The molecule has 0 spiro atoms. The topological polar surface area (TPSA) is 66.4 Å². The van der Waals surface area contributed by atoms with Crippen LogP contribution in [-0.4, -0.2) is 23.2 Å². The lowest BCUT2D eigenvalue weighted by molar-refractivity contribution is -0.112. The minimum Gasteiger partial charge on any atom is -0.507 e. The maximum atomic E-state index is 12.9. The number of nitrogens with one attached hydrogen (secondary N) is 1. The van der Waals surface area contributed by atoms with Gasteiger partial charge < -0.3 is 10.4 Å². The molecule has 146 valence electrons. The van der Waals surface area contributed by atoms with Crippen molar-refractivity contribution >= 4 is 17.3 Å². The number of fused-ring (bicyclic) bond motifs is 1. The predicted octanol–water partition coefficient (Wildman–Crippen LogP) is 5.02. The van der Waals surface area contributed by atoms with Crippen molar-refractivity contribution < 1.29 is 14.7 Å². The summed E-state index contributed by atoms with van der Waals surface area (Å²) in [4.78, 5) is 25.5. The molecule has 0 amide bonds. The van der Waals surface area contributed by atoms with Crippen molar-refractivity contribution in [3.8, 4) is 0 Å². The van der Waals surface area contributed by atoms with Gasteiger partial charge in [-0.1, -0.05) is 87.2 Å². The monoisotopic (exact) mass is 377 g/mol. The normalized spacial score (nSPS) is 14.9. The molecule has 0 radical (unpaired) electrons. The molecule has 0 bridgehead atoms. The van der Waals surface area contributed by atoms with Crippen LogP contribution in [0.1, 0.15) is 66.6 Å². The number of aliphatic hydroxyl groups is 1. The summed E-state index contributed by atoms with van der Waals surface area (Å²) in [6, 6.07) is 15.7. The summed E-state index contributed by atoms with van der Waals surface area (Å²) in [5.74, 6) is -1.30. The van der Waals surface area contributed by atoms with Crippen molar-refractivity contribution in [3.63, 3.8) is 0 Å². The lowest BCUT2D eigenvalue weighted by Crippen LogP contribution is -2.34. The molecule has 1 atom stereocenters. The lowest BCUT2D eigenvalue weighted by atomic mass is 9.83. The summed E-state index contributed by atoms with van der Waals surface area (Å²) >= 11 is 0. The van der Waals surface area contributed by atoms with Crippen molar-refractivity contribution in [1.29, 1.82) is 0 Å². The molecule has 4 nitrogen and oxygen atoms in total. The Morgan fingerprint density at radius 3 is 2.18 bits per heavy atom. The number of carbonyl (C=O) groups excluding carboxylic acids is 2. The molecule has 0 saturated heterocycles. The summed E-state index contributed by atoms with van der Waals surface area (Å²) in [6.07, 6.45) is 5.70. The third-order valence-corrected chi connectivity index (χ3v) is 5.18. The second-order valence-electron chi connectivity index (χ2n) is 7.18. The van der Waals surface area contributed by atoms with Crippen LogP contribution in [0.5, 0.6) is 0 Å². The number of benzene rings is 2. The zero-order valence-corrected chi connectivity index (χ0v) is 16.3. The highest BCUT2D eigenvalue weighted by molar-refractivity contribution is 6.52. The van der Waals surface area contributed by atoms with E-state index in [2.05, 4.69) is 12.2 Å². The van der Waals surface area contributed by atoms with Crippen LogP contribution >= 0.6 is 0 Å². The van der Waals surface area contributed by atoms with E-state index >= 15 is 0 Å². The maximum Gasteiger partial charge on any atom is 0.235 e. The molecule has 1 aliphatic rings. The van der Waals surface area contributed by atoms with Gasteiger partial charge in [0.15, 0.2) is 0 Å². The van der Waals surface area contributed by atoms with E-state index in [-0.39, 0.29) is 16.9 Å². The minimum absolute atomic E-state index is 0.104. The van der Waals surface area contributed by atoms with Gasteiger partial charge in [-0.05, 0) is 18.5 Å². The Morgan fingerprint density at radius 1 is 0.821 bits per heavy atom. The van der Waals surface area contributed by atoms with Crippen LogP contribution in [0.2, 0.25) is 0 Å². The van der Waals surface area contributed by atoms with Crippen LogP contribution in [-0.2, 0) is 4.79 Å². The maximum absolute atomic E-state index is 12.9. The first kappa shape index (κ1) is 20.0. The zero-order chi connectivity index (χ0) is 19.9. The first-order valence-corrected chi connectivity index (χ1v) is 10.0. The van der Waals surface area contributed by atoms with Gasteiger partial charge in [0.1, 0.15) is 5.76 Å². The van der Waals surface area contributed by atoms with Crippen molar-refractivity contribution in [3.05, 3.63) is 76.9 Å². The Labute approximate surface area is 166 Å². The van der Waals surface area contributed by atoms with Gasteiger partial charge in [-0.3, -0.25) is 9.59 Å². The quantitative estimate of drug-likeness (QED) is 0.475. The first-order valence-electron chi connectivity index (χ1n) is 10.0. The van der Waals surface area contributed by atoms with Gasteiger partial charge in [0.25, 0.3) is 0 Å². The molecule has 1 unspecified atom stereocenters.